The summed E-state index contributed by atoms with van der Waals surface area (Å²) in [7, 11) is 1.50. The maximum atomic E-state index is 11.1. The van der Waals surface area contributed by atoms with Gasteiger partial charge in [-0.25, -0.2) is 4.79 Å². The van der Waals surface area contributed by atoms with Gasteiger partial charge in [0.2, 0.25) is 5.91 Å². The number of carbonyl (C=O) groups excluding carboxylic acids is 1. The van der Waals surface area contributed by atoms with Crippen molar-refractivity contribution in [3.63, 3.8) is 0 Å². The minimum atomic E-state index is -1.12. The molecule has 4 nitrogen and oxygen atoms in total. The summed E-state index contributed by atoms with van der Waals surface area (Å²) >= 11 is 0. The van der Waals surface area contributed by atoms with Crippen molar-refractivity contribution < 1.29 is 14.7 Å². The number of likely N-dealkylation sites (N-methyl/N-ethyl adjacent to an activating group) is 1. The van der Waals surface area contributed by atoms with E-state index in [0.29, 0.717) is 6.42 Å². The van der Waals surface area contributed by atoms with E-state index in [1.54, 1.807) is 6.92 Å². The molecule has 1 N–H and O–H groups in total. The van der Waals surface area contributed by atoms with Crippen LogP contribution in [0.4, 0.5) is 0 Å². The first-order chi connectivity index (χ1) is 5.34. The minimum Gasteiger partial charge on any atom is -0.480 e. The summed E-state index contributed by atoms with van der Waals surface area (Å²) in [5.74, 6) is -1.16. The molecular weight excluding hydrogens is 158 g/mol. The average Bonchev–Trinajstić information content (AvgIpc) is 2.01. The van der Waals surface area contributed by atoms with E-state index in [4.69, 9.17) is 5.11 Å². The van der Waals surface area contributed by atoms with Crippen LogP contribution in [-0.2, 0) is 9.59 Å². The van der Waals surface area contributed by atoms with Crippen molar-refractivity contribution in [2.24, 2.45) is 0 Å². The largest absolute Gasteiger partial charge is 0.480 e. The van der Waals surface area contributed by atoms with Crippen molar-refractivity contribution in [2.75, 3.05) is 7.05 Å². The van der Waals surface area contributed by atoms with Gasteiger partial charge in [-0.2, -0.15) is 0 Å². The summed E-state index contributed by atoms with van der Waals surface area (Å²) in [5, 5.41) is 8.76. The van der Waals surface area contributed by atoms with Crippen molar-refractivity contribution in [1.29, 1.82) is 0 Å². The predicted octanol–water partition coefficient (Wildman–Crippen LogP) is 0.718. The molecule has 0 saturated carbocycles. The SMILES string of the molecule is CCC(=O)N(C)C(C)(C)C(=O)O. The maximum Gasteiger partial charge on any atom is 0.329 e. The second-order valence-corrected chi connectivity index (χ2v) is 3.17. The van der Waals surface area contributed by atoms with Crippen LogP contribution in [0.1, 0.15) is 27.2 Å². The topological polar surface area (TPSA) is 57.6 Å². The highest BCUT2D eigenvalue weighted by molar-refractivity contribution is 5.85. The second kappa shape index (κ2) is 3.56. The third-order valence-corrected chi connectivity index (χ3v) is 2.04. The van der Waals surface area contributed by atoms with Gasteiger partial charge in [-0.1, -0.05) is 6.92 Å². The zero-order valence-corrected chi connectivity index (χ0v) is 7.92. The molecule has 0 fully saturated rings. The summed E-state index contributed by atoms with van der Waals surface area (Å²) in [6, 6.07) is 0. The number of carboxylic acid groups (broad SMARTS) is 1. The van der Waals surface area contributed by atoms with Crippen LogP contribution in [0.25, 0.3) is 0 Å². The lowest BCUT2D eigenvalue weighted by Crippen LogP contribution is -2.50. The van der Waals surface area contributed by atoms with Crippen molar-refractivity contribution in [3.05, 3.63) is 0 Å². The Kier molecular flexibility index (Phi) is 3.24. The molecule has 0 aromatic rings. The molecule has 0 saturated heterocycles. The standard InChI is InChI=1S/C8H15NO3/c1-5-6(10)9(4)8(2,3)7(11)12/h5H2,1-4H3,(H,11,12). The Labute approximate surface area is 72.2 Å². The quantitative estimate of drug-likeness (QED) is 0.684. The molecular formula is C8H15NO3. The van der Waals surface area contributed by atoms with Gasteiger partial charge in [0.05, 0.1) is 0 Å². The van der Waals surface area contributed by atoms with E-state index in [2.05, 4.69) is 0 Å². The lowest BCUT2D eigenvalue weighted by Gasteiger charge is -2.31. The molecule has 0 aliphatic carbocycles. The maximum absolute atomic E-state index is 11.1. The molecule has 0 heterocycles. The Morgan fingerprint density at radius 3 is 2.08 bits per heavy atom. The van der Waals surface area contributed by atoms with Gasteiger partial charge >= 0.3 is 5.97 Å². The van der Waals surface area contributed by atoms with Crippen molar-refractivity contribution in [2.45, 2.75) is 32.7 Å². The van der Waals surface area contributed by atoms with E-state index in [1.165, 1.54) is 25.8 Å². The van der Waals surface area contributed by atoms with Gasteiger partial charge in [0.25, 0.3) is 0 Å². The van der Waals surface area contributed by atoms with Crippen LogP contribution in [0.5, 0.6) is 0 Å². The van der Waals surface area contributed by atoms with Crippen molar-refractivity contribution >= 4 is 11.9 Å². The Morgan fingerprint density at radius 1 is 1.42 bits per heavy atom. The van der Waals surface area contributed by atoms with Gasteiger partial charge in [-0.15, -0.1) is 0 Å². The van der Waals surface area contributed by atoms with E-state index in [0.717, 1.165) is 0 Å². The number of nitrogens with zero attached hydrogens (tertiary/aromatic N) is 1. The first-order valence-electron chi connectivity index (χ1n) is 3.84. The van der Waals surface area contributed by atoms with Crippen LogP contribution in [0.2, 0.25) is 0 Å². The third-order valence-electron chi connectivity index (χ3n) is 2.04. The molecule has 0 aromatic carbocycles. The number of carboxylic acids is 1. The summed E-state index contributed by atoms with van der Waals surface area (Å²) in [6.45, 7) is 4.71. The Morgan fingerprint density at radius 2 is 1.83 bits per heavy atom. The lowest BCUT2D eigenvalue weighted by molar-refractivity contribution is -0.155. The number of carbonyl (C=O) groups is 2. The van der Waals surface area contributed by atoms with Crippen LogP contribution in [-0.4, -0.2) is 34.5 Å². The van der Waals surface area contributed by atoms with Crippen LogP contribution >= 0.6 is 0 Å². The molecule has 0 aliphatic rings. The minimum absolute atomic E-state index is 0.164. The molecule has 0 atom stereocenters. The summed E-state index contributed by atoms with van der Waals surface area (Å²) in [4.78, 5) is 23.1. The van der Waals surface area contributed by atoms with E-state index < -0.39 is 11.5 Å². The first kappa shape index (κ1) is 10.9. The predicted molar refractivity (Wildman–Crippen MR) is 44.8 cm³/mol. The molecule has 0 aliphatic heterocycles. The summed E-state index contributed by atoms with van der Waals surface area (Å²) in [5.41, 5.74) is -1.12. The van der Waals surface area contributed by atoms with Crippen LogP contribution in [0.15, 0.2) is 0 Å². The summed E-state index contributed by atoms with van der Waals surface area (Å²) in [6.07, 6.45) is 0.327. The Balaban J connectivity index is 4.56. The highest BCUT2D eigenvalue weighted by Crippen LogP contribution is 2.13. The molecule has 0 bridgehead atoms. The zero-order valence-electron chi connectivity index (χ0n) is 7.92. The van der Waals surface area contributed by atoms with Crippen LogP contribution < -0.4 is 0 Å². The molecule has 1 amide bonds. The van der Waals surface area contributed by atoms with Gasteiger partial charge in [0.15, 0.2) is 0 Å². The van der Waals surface area contributed by atoms with E-state index >= 15 is 0 Å². The highest BCUT2D eigenvalue weighted by Gasteiger charge is 2.34. The van der Waals surface area contributed by atoms with Crippen LogP contribution in [0, 0.1) is 0 Å². The number of rotatable bonds is 3. The molecule has 70 valence electrons. The monoisotopic (exact) mass is 173 g/mol. The van der Waals surface area contributed by atoms with Crippen LogP contribution in [0.3, 0.4) is 0 Å². The number of hydrogen-bond donors (Lipinski definition) is 1. The third kappa shape index (κ3) is 1.96. The lowest BCUT2D eigenvalue weighted by atomic mass is 10.0. The van der Waals surface area contributed by atoms with E-state index in [9.17, 15) is 9.59 Å². The van der Waals surface area contributed by atoms with Gasteiger partial charge in [0.1, 0.15) is 5.54 Å². The van der Waals surface area contributed by atoms with Gasteiger partial charge in [-0.3, -0.25) is 4.79 Å². The first-order valence-corrected chi connectivity index (χ1v) is 3.84. The molecule has 0 unspecified atom stereocenters. The fourth-order valence-electron chi connectivity index (χ4n) is 0.692. The number of aliphatic carboxylic acids is 1. The molecule has 0 rings (SSSR count). The van der Waals surface area contributed by atoms with Gasteiger partial charge in [-0.05, 0) is 13.8 Å². The van der Waals surface area contributed by atoms with E-state index in [-0.39, 0.29) is 5.91 Å². The molecule has 0 spiro atoms. The normalized spacial score (nSPS) is 11.0. The molecule has 12 heavy (non-hydrogen) atoms. The molecule has 0 aromatic heterocycles. The smallest absolute Gasteiger partial charge is 0.329 e. The number of hydrogen-bond acceptors (Lipinski definition) is 2. The zero-order chi connectivity index (χ0) is 9.94. The van der Waals surface area contributed by atoms with Gasteiger partial charge in [0, 0.05) is 13.5 Å². The summed E-state index contributed by atoms with van der Waals surface area (Å²) < 4.78 is 0. The Bertz CT molecular complexity index is 198. The molecule has 0 radical (unpaired) electrons. The number of amides is 1. The molecule has 4 heteroatoms. The van der Waals surface area contributed by atoms with Crippen molar-refractivity contribution in [1.82, 2.24) is 4.90 Å². The van der Waals surface area contributed by atoms with Crippen molar-refractivity contribution in [3.8, 4) is 0 Å². The highest BCUT2D eigenvalue weighted by atomic mass is 16.4. The fourth-order valence-corrected chi connectivity index (χ4v) is 0.692. The second-order valence-electron chi connectivity index (χ2n) is 3.17. The Hall–Kier alpha value is -1.06. The fraction of sp³-hybridized carbons (Fsp3) is 0.750. The average molecular weight is 173 g/mol. The van der Waals surface area contributed by atoms with Gasteiger partial charge < -0.3 is 10.0 Å². The van der Waals surface area contributed by atoms with E-state index in [1.807, 2.05) is 0 Å².